The van der Waals surface area contributed by atoms with Gasteiger partial charge in [-0.3, -0.25) is 14.8 Å². The summed E-state index contributed by atoms with van der Waals surface area (Å²) in [4.78, 5) is 23.7. The predicted octanol–water partition coefficient (Wildman–Crippen LogP) is 2.20. The maximum absolute atomic E-state index is 13.3. The lowest BCUT2D eigenvalue weighted by Crippen LogP contribution is -2.42. The highest BCUT2D eigenvalue weighted by molar-refractivity contribution is 5.94. The van der Waals surface area contributed by atoms with Crippen LogP contribution in [0.25, 0.3) is 0 Å². The first kappa shape index (κ1) is 26.5. The third-order valence-electron chi connectivity index (χ3n) is 4.64. The van der Waals surface area contributed by atoms with Crippen molar-refractivity contribution in [3.63, 3.8) is 0 Å². The molecule has 2 rings (SSSR count). The Bertz CT molecular complexity index is 1060. The highest BCUT2D eigenvalue weighted by Gasteiger charge is 2.30. The van der Waals surface area contributed by atoms with Gasteiger partial charge in [-0.25, -0.2) is 20.1 Å². The molecule has 0 heterocycles. The van der Waals surface area contributed by atoms with E-state index in [1.165, 1.54) is 17.6 Å². The molecule has 2 aromatic rings. The highest BCUT2D eigenvalue weighted by atomic mass is 19.4. The van der Waals surface area contributed by atoms with Gasteiger partial charge < -0.3 is 16.1 Å². The lowest BCUT2D eigenvalue weighted by Gasteiger charge is -2.26. The zero-order valence-electron chi connectivity index (χ0n) is 17.6. The Hall–Kier alpha value is -3.71. The first-order valence-electron chi connectivity index (χ1n) is 9.72. The Kier molecular flexibility index (Phi) is 8.92. The van der Waals surface area contributed by atoms with Gasteiger partial charge in [-0.05, 0) is 36.2 Å². The molecule has 7 N–H and O–H groups in total. The Morgan fingerprint density at radius 2 is 1.82 bits per heavy atom. The Morgan fingerprint density at radius 1 is 1.12 bits per heavy atom. The minimum atomic E-state index is -4.56. The number of hydrazine groups is 1. The van der Waals surface area contributed by atoms with Gasteiger partial charge in [0.05, 0.1) is 24.6 Å². The van der Waals surface area contributed by atoms with E-state index in [2.05, 4.69) is 5.32 Å². The number of hydrogen-bond donors (Lipinski definition) is 5. The highest BCUT2D eigenvalue weighted by Crippen LogP contribution is 2.30. The molecule has 0 fully saturated rings. The molecule has 184 valence electrons. The average Bonchev–Trinajstić information content (AvgIpc) is 2.78. The summed E-state index contributed by atoms with van der Waals surface area (Å²) in [5, 5.41) is 12.1. The fourth-order valence-electron chi connectivity index (χ4n) is 2.95. The van der Waals surface area contributed by atoms with Gasteiger partial charge in [0, 0.05) is 17.5 Å². The van der Waals surface area contributed by atoms with Crippen LogP contribution in [0.4, 0.5) is 22.0 Å². The summed E-state index contributed by atoms with van der Waals surface area (Å²) in [6, 6.07) is 6.08. The summed E-state index contributed by atoms with van der Waals surface area (Å²) in [5.74, 6) is 2.02. The van der Waals surface area contributed by atoms with E-state index in [1.54, 1.807) is 0 Å². The van der Waals surface area contributed by atoms with Gasteiger partial charge in [-0.15, -0.1) is 0 Å². The monoisotopic (exact) mass is 487 g/mol. The summed E-state index contributed by atoms with van der Waals surface area (Å²) in [6.45, 7) is -0.270. The van der Waals surface area contributed by atoms with Gasteiger partial charge >= 0.3 is 6.18 Å². The number of alkyl halides is 3. The van der Waals surface area contributed by atoms with Crippen molar-refractivity contribution in [1.82, 2.24) is 15.8 Å². The second-order valence-corrected chi connectivity index (χ2v) is 7.26. The summed E-state index contributed by atoms with van der Waals surface area (Å²) in [7, 11) is 0. The Morgan fingerprint density at radius 3 is 2.44 bits per heavy atom. The van der Waals surface area contributed by atoms with Gasteiger partial charge in [0.25, 0.3) is 5.91 Å². The van der Waals surface area contributed by atoms with E-state index in [4.69, 9.17) is 16.8 Å². The molecule has 2 aromatic carbocycles. The molecule has 13 heteroatoms. The molecule has 0 saturated heterocycles. The lowest BCUT2D eigenvalue weighted by atomic mass is 10.0. The van der Waals surface area contributed by atoms with E-state index in [1.807, 2.05) is 0 Å². The fourth-order valence-corrected chi connectivity index (χ4v) is 2.95. The molecule has 2 amide bonds. The van der Waals surface area contributed by atoms with Gasteiger partial charge in [0.1, 0.15) is 0 Å². The van der Waals surface area contributed by atoms with Crippen LogP contribution < -0.4 is 22.4 Å². The number of halogens is 5. The van der Waals surface area contributed by atoms with E-state index in [0.29, 0.717) is 6.07 Å². The van der Waals surface area contributed by atoms with Crippen molar-refractivity contribution in [2.75, 3.05) is 6.54 Å². The number of carbonyl (C=O) groups excluding carboxylic acids is 2. The van der Waals surface area contributed by atoms with Crippen molar-refractivity contribution in [2.24, 2.45) is 11.6 Å². The van der Waals surface area contributed by atoms with E-state index < -0.39 is 47.7 Å². The van der Waals surface area contributed by atoms with Gasteiger partial charge in [0.15, 0.2) is 11.6 Å². The number of nitrogens with two attached hydrogens (primary N) is 2. The molecule has 0 spiro atoms. The lowest BCUT2D eigenvalue weighted by molar-refractivity contribution is -0.137. The Labute approximate surface area is 190 Å². The maximum Gasteiger partial charge on any atom is 0.416 e. The van der Waals surface area contributed by atoms with Crippen molar-refractivity contribution in [1.29, 1.82) is 0 Å². The van der Waals surface area contributed by atoms with Crippen molar-refractivity contribution >= 4 is 11.8 Å². The molecule has 0 saturated carbocycles. The number of hydrogen-bond acceptors (Lipinski definition) is 6. The molecule has 0 radical (unpaired) electrons. The van der Waals surface area contributed by atoms with Crippen LogP contribution in [0.15, 0.2) is 54.4 Å². The topological polar surface area (TPSA) is 134 Å². The minimum absolute atomic E-state index is 0.0168. The van der Waals surface area contributed by atoms with E-state index in [-0.39, 0.29) is 29.8 Å². The zero-order valence-corrected chi connectivity index (χ0v) is 17.6. The molecule has 0 aromatic heterocycles. The Balaban J connectivity index is 2.11. The van der Waals surface area contributed by atoms with Gasteiger partial charge in [0.2, 0.25) is 5.91 Å². The molecule has 0 aliphatic carbocycles. The molecule has 0 aliphatic heterocycles. The minimum Gasteiger partial charge on any atom is -0.399 e. The van der Waals surface area contributed by atoms with Crippen molar-refractivity contribution in [2.45, 2.75) is 25.1 Å². The van der Waals surface area contributed by atoms with Gasteiger partial charge in [-0.2, -0.15) is 13.2 Å². The van der Waals surface area contributed by atoms with Crippen LogP contribution in [0, 0.1) is 11.6 Å². The van der Waals surface area contributed by atoms with Crippen LogP contribution in [-0.2, 0) is 17.4 Å². The quantitative estimate of drug-likeness (QED) is 0.159. The average molecular weight is 487 g/mol. The number of nitrogens with zero attached hydrogens (tertiary/aromatic N) is 1. The van der Waals surface area contributed by atoms with Crippen LogP contribution in [0.5, 0.6) is 0 Å². The summed E-state index contributed by atoms with van der Waals surface area (Å²) in [6.07, 6.45) is -3.92. The van der Waals surface area contributed by atoms with Crippen LogP contribution in [-0.4, -0.2) is 34.6 Å². The molecule has 8 nitrogen and oxygen atoms in total. The molecule has 1 unspecified atom stereocenters. The van der Waals surface area contributed by atoms with Crippen molar-refractivity contribution in [3.8, 4) is 0 Å². The van der Waals surface area contributed by atoms with E-state index in [9.17, 15) is 31.5 Å². The smallest absolute Gasteiger partial charge is 0.399 e. The number of carbonyl (C=O) groups is 2. The molecule has 0 aliphatic rings. The number of hydroxylamine groups is 1. The van der Waals surface area contributed by atoms with Gasteiger partial charge in [-0.1, -0.05) is 18.2 Å². The predicted molar refractivity (Wildman–Crippen MR) is 110 cm³/mol. The van der Waals surface area contributed by atoms with Crippen LogP contribution in [0.2, 0.25) is 0 Å². The van der Waals surface area contributed by atoms with Crippen LogP contribution in [0.3, 0.4) is 0 Å². The SMILES string of the molecule is N/C(=C\N(N)C(CC(=O)NO)Cc1cccc(C(F)(F)F)c1)CNC(=O)c1ccc(F)c(F)c1. The van der Waals surface area contributed by atoms with Crippen LogP contribution in [0.1, 0.15) is 27.9 Å². The second-order valence-electron chi connectivity index (χ2n) is 7.26. The standard InChI is InChI=1S/C21H22F5N5O3/c22-17-5-4-13(8-18(17)23)20(33)29-10-15(27)11-31(28)16(9-19(32)30-34)7-12-2-1-3-14(6-12)21(24,25)26/h1-6,8,11,16,34H,7,9-10,27-28H2,(H,29,33)(H,30,32)/b15-11-. The third-order valence-corrected chi connectivity index (χ3v) is 4.64. The number of nitrogens with one attached hydrogen (secondary N) is 2. The summed E-state index contributed by atoms with van der Waals surface area (Å²) in [5.41, 5.74) is 6.42. The first-order valence-corrected chi connectivity index (χ1v) is 9.72. The third kappa shape index (κ3) is 7.71. The molecular formula is C21H22F5N5O3. The normalized spacial score (nSPS) is 12.7. The van der Waals surface area contributed by atoms with E-state index in [0.717, 1.165) is 35.5 Å². The van der Waals surface area contributed by atoms with Crippen molar-refractivity contribution < 1.29 is 36.7 Å². The van der Waals surface area contributed by atoms with Crippen molar-refractivity contribution in [3.05, 3.63) is 82.7 Å². The molecule has 0 bridgehead atoms. The first-order chi connectivity index (χ1) is 15.9. The van der Waals surface area contributed by atoms with Crippen LogP contribution >= 0.6 is 0 Å². The van der Waals surface area contributed by atoms with E-state index >= 15 is 0 Å². The summed E-state index contributed by atoms with van der Waals surface area (Å²) < 4.78 is 65.2. The second kappa shape index (κ2) is 11.4. The summed E-state index contributed by atoms with van der Waals surface area (Å²) >= 11 is 0. The molecule has 1 atom stereocenters. The number of rotatable bonds is 9. The largest absolute Gasteiger partial charge is 0.416 e. The molecule has 34 heavy (non-hydrogen) atoms. The number of amides is 2. The molecular weight excluding hydrogens is 465 g/mol. The number of benzene rings is 2. The fraction of sp³-hybridized carbons (Fsp3) is 0.238. The zero-order chi connectivity index (χ0) is 25.5. The maximum atomic E-state index is 13.3.